The van der Waals surface area contributed by atoms with Crippen molar-refractivity contribution in [3.05, 3.63) is 33.8 Å². The lowest BCUT2D eigenvalue weighted by Crippen LogP contribution is -2.37. The maximum atomic E-state index is 12.0. The van der Waals surface area contributed by atoms with Gasteiger partial charge in [-0.15, -0.1) is 0 Å². The molecule has 5 heteroatoms. The number of nitrogens with zero attached hydrogens (tertiary/aromatic N) is 1. The molecule has 1 aromatic rings. The van der Waals surface area contributed by atoms with Crippen LogP contribution < -0.4 is 5.32 Å². The van der Waals surface area contributed by atoms with Gasteiger partial charge in [-0.2, -0.15) is 0 Å². The van der Waals surface area contributed by atoms with E-state index in [4.69, 9.17) is 23.2 Å². The van der Waals surface area contributed by atoms with Gasteiger partial charge in [0, 0.05) is 16.6 Å². The summed E-state index contributed by atoms with van der Waals surface area (Å²) in [7, 11) is 0. The van der Waals surface area contributed by atoms with E-state index in [0.717, 1.165) is 18.7 Å². The van der Waals surface area contributed by atoms with Crippen LogP contribution >= 0.6 is 23.2 Å². The van der Waals surface area contributed by atoms with Crippen LogP contribution in [0.4, 0.5) is 0 Å². The molecule has 1 fully saturated rings. The van der Waals surface area contributed by atoms with E-state index in [9.17, 15) is 4.79 Å². The average Bonchev–Trinajstić information content (AvgIpc) is 2.74. The Labute approximate surface area is 130 Å². The third-order valence-corrected chi connectivity index (χ3v) is 4.24. The van der Waals surface area contributed by atoms with E-state index in [1.165, 1.54) is 6.42 Å². The van der Waals surface area contributed by atoms with Crippen molar-refractivity contribution in [1.82, 2.24) is 10.2 Å². The van der Waals surface area contributed by atoms with Crippen LogP contribution in [0.1, 0.15) is 31.9 Å². The maximum Gasteiger partial charge on any atom is 0.234 e. The lowest BCUT2D eigenvalue weighted by molar-refractivity contribution is -0.122. The highest BCUT2D eigenvalue weighted by Gasteiger charge is 2.21. The van der Waals surface area contributed by atoms with Crippen molar-refractivity contribution >= 4 is 29.1 Å². The third kappa shape index (κ3) is 4.11. The lowest BCUT2D eigenvalue weighted by atomic mass is 10.1. The van der Waals surface area contributed by atoms with Gasteiger partial charge in [0.25, 0.3) is 0 Å². The van der Waals surface area contributed by atoms with Gasteiger partial charge in [-0.1, -0.05) is 36.2 Å². The summed E-state index contributed by atoms with van der Waals surface area (Å²) in [6, 6.07) is 5.22. The first-order chi connectivity index (χ1) is 9.45. The van der Waals surface area contributed by atoms with Gasteiger partial charge in [0.1, 0.15) is 0 Å². The molecule has 2 rings (SSSR count). The zero-order valence-corrected chi connectivity index (χ0v) is 13.3. The van der Waals surface area contributed by atoms with Crippen LogP contribution in [0.15, 0.2) is 18.2 Å². The Morgan fingerprint density at radius 3 is 2.85 bits per heavy atom. The summed E-state index contributed by atoms with van der Waals surface area (Å²) < 4.78 is 0. The van der Waals surface area contributed by atoms with Gasteiger partial charge in [0.05, 0.1) is 12.6 Å². The van der Waals surface area contributed by atoms with Crippen LogP contribution in [-0.2, 0) is 4.79 Å². The molecule has 0 saturated carbocycles. The minimum atomic E-state index is -0.118. The van der Waals surface area contributed by atoms with Crippen LogP contribution in [0.2, 0.25) is 10.0 Å². The normalized spacial score (nSPS) is 20.9. The van der Waals surface area contributed by atoms with Gasteiger partial charge in [0.2, 0.25) is 5.91 Å². The summed E-state index contributed by atoms with van der Waals surface area (Å²) in [5.74, 6) is 0.726. The first-order valence-electron chi connectivity index (χ1n) is 6.92. The zero-order valence-electron chi connectivity index (χ0n) is 11.8. The SMILES string of the molecule is CC1CCN(CC(=O)NC(C)c2ccc(Cl)cc2Cl)C1. The zero-order chi connectivity index (χ0) is 14.7. The van der Waals surface area contributed by atoms with E-state index in [1.807, 2.05) is 13.0 Å². The van der Waals surface area contributed by atoms with Gasteiger partial charge in [-0.25, -0.2) is 0 Å². The Balaban J connectivity index is 1.90. The molecule has 0 aliphatic carbocycles. The number of rotatable bonds is 4. The summed E-state index contributed by atoms with van der Waals surface area (Å²) >= 11 is 12.0. The molecule has 1 N–H and O–H groups in total. The molecule has 0 aromatic heterocycles. The first-order valence-corrected chi connectivity index (χ1v) is 7.68. The lowest BCUT2D eigenvalue weighted by Gasteiger charge is -2.19. The smallest absolute Gasteiger partial charge is 0.234 e. The molecular formula is C15H20Cl2N2O. The van der Waals surface area contributed by atoms with E-state index >= 15 is 0 Å². The van der Waals surface area contributed by atoms with Gasteiger partial charge >= 0.3 is 0 Å². The number of carbonyl (C=O) groups is 1. The number of hydrogen-bond donors (Lipinski definition) is 1. The predicted molar refractivity (Wildman–Crippen MR) is 83.2 cm³/mol. The molecule has 2 atom stereocenters. The second kappa shape index (κ2) is 6.79. The second-order valence-electron chi connectivity index (χ2n) is 5.58. The van der Waals surface area contributed by atoms with Crippen molar-refractivity contribution in [2.75, 3.05) is 19.6 Å². The van der Waals surface area contributed by atoms with Crippen molar-refractivity contribution < 1.29 is 4.79 Å². The van der Waals surface area contributed by atoms with E-state index < -0.39 is 0 Å². The topological polar surface area (TPSA) is 32.3 Å². The second-order valence-corrected chi connectivity index (χ2v) is 6.43. The fourth-order valence-electron chi connectivity index (χ4n) is 2.59. The van der Waals surface area contributed by atoms with Crippen molar-refractivity contribution in [3.8, 4) is 0 Å². The third-order valence-electron chi connectivity index (χ3n) is 3.68. The van der Waals surface area contributed by atoms with Crippen LogP contribution in [0.5, 0.6) is 0 Å². The van der Waals surface area contributed by atoms with Crippen molar-refractivity contribution in [2.24, 2.45) is 5.92 Å². The number of carbonyl (C=O) groups excluding carboxylic acids is 1. The Morgan fingerprint density at radius 2 is 2.25 bits per heavy atom. The molecule has 110 valence electrons. The van der Waals surface area contributed by atoms with E-state index in [1.54, 1.807) is 12.1 Å². The maximum absolute atomic E-state index is 12.0. The number of likely N-dealkylation sites (tertiary alicyclic amines) is 1. The fourth-order valence-corrected chi connectivity index (χ4v) is 3.16. The Bertz CT molecular complexity index is 493. The molecule has 3 nitrogen and oxygen atoms in total. The molecule has 0 spiro atoms. The average molecular weight is 315 g/mol. The summed E-state index contributed by atoms with van der Waals surface area (Å²) in [6.45, 7) is 6.61. The van der Waals surface area contributed by atoms with Gasteiger partial charge in [-0.3, -0.25) is 9.69 Å². The quantitative estimate of drug-likeness (QED) is 0.922. The summed E-state index contributed by atoms with van der Waals surface area (Å²) in [6.07, 6.45) is 1.17. The van der Waals surface area contributed by atoms with Gasteiger partial charge in [0.15, 0.2) is 0 Å². The van der Waals surface area contributed by atoms with Crippen molar-refractivity contribution in [3.63, 3.8) is 0 Å². The Hall–Kier alpha value is -0.770. The number of hydrogen-bond acceptors (Lipinski definition) is 2. The number of amides is 1. The fraction of sp³-hybridized carbons (Fsp3) is 0.533. The highest BCUT2D eigenvalue weighted by atomic mass is 35.5. The molecule has 0 bridgehead atoms. The van der Waals surface area contributed by atoms with Crippen LogP contribution in [-0.4, -0.2) is 30.4 Å². The molecule has 2 unspecified atom stereocenters. The largest absolute Gasteiger partial charge is 0.348 e. The van der Waals surface area contributed by atoms with Crippen LogP contribution in [0.25, 0.3) is 0 Å². The minimum absolute atomic E-state index is 0.0395. The number of nitrogens with one attached hydrogen (secondary N) is 1. The first kappa shape index (κ1) is 15.6. The summed E-state index contributed by atoms with van der Waals surface area (Å²) in [4.78, 5) is 14.2. The summed E-state index contributed by atoms with van der Waals surface area (Å²) in [5.41, 5.74) is 0.888. The number of halogens is 2. The summed E-state index contributed by atoms with van der Waals surface area (Å²) in [5, 5.41) is 4.17. The minimum Gasteiger partial charge on any atom is -0.348 e. The Morgan fingerprint density at radius 1 is 1.50 bits per heavy atom. The molecule has 0 radical (unpaired) electrons. The van der Waals surface area contributed by atoms with Crippen LogP contribution in [0.3, 0.4) is 0 Å². The molecule has 20 heavy (non-hydrogen) atoms. The van der Waals surface area contributed by atoms with E-state index in [2.05, 4.69) is 17.1 Å². The van der Waals surface area contributed by atoms with Crippen molar-refractivity contribution in [2.45, 2.75) is 26.3 Å². The number of benzene rings is 1. The Kier molecular flexibility index (Phi) is 5.30. The molecule has 1 saturated heterocycles. The van der Waals surface area contributed by atoms with E-state index in [0.29, 0.717) is 22.5 Å². The predicted octanol–water partition coefficient (Wildman–Crippen LogP) is 3.51. The molecule has 1 aliphatic heterocycles. The van der Waals surface area contributed by atoms with Crippen molar-refractivity contribution in [1.29, 1.82) is 0 Å². The molecule has 1 heterocycles. The van der Waals surface area contributed by atoms with Crippen LogP contribution in [0, 0.1) is 5.92 Å². The highest BCUT2D eigenvalue weighted by Crippen LogP contribution is 2.26. The molecule has 1 amide bonds. The molecule has 1 aromatic carbocycles. The van der Waals surface area contributed by atoms with Gasteiger partial charge in [-0.05, 0) is 43.5 Å². The molecule has 1 aliphatic rings. The highest BCUT2D eigenvalue weighted by molar-refractivity contribution is 6.35. The van der Waals surface area contributed by atoms with E-state index in [-0.39, 0.29) is 11.9 Å². The molecular weight excluding hydrogens is 295 g/mol. The van der Waals surface area contributed by atoms with Gasteiger partial charge < -0.3 is 5.32 Å². The monoisotopic (exact) mass is 314 g/mol. The standard InChI is InChI=1S/C15H20Cl2N2O/c1-10-5-6-19(8-10)9-15(20)18-11(2)13-4-3-12(16)7-14(13)17/h3-4,7,10-11H,5-6,8-9H2,1-2H3,(H,18,20).